The van der Waals surface area contributed by atoms with Gasteiger partial charge >= 0.3 is 0 Å². The normalized spacial score (nSPS) is 26.7. The van der Waals surface area contributed by atoms with Crippen LogP contribution < -0.4 is 10.6 Å². The van der Waals surface area contributed by atoms with Crippen molar-refractivity contribution in [1.82, 2.24) is 9.97 Å². The second-order valence-electron chi connectivity index (χ2n) is 4.45. The fourth-order valence-corrected chi connectivity index (χ4v) is 2.04. The van der Waals surface area contributed by atoms with Crippen molar-refractivity contribution in [3.8, 4) is 0 Å². The highest BCUT2D eigenvalue weighted by Crippen LogP contribution is 2.27. The molecule has 82 valence electrons. The first-order valence-corrected chi connectivity index (χ1v) is 5.50. The number of anilines is 2. The summed E-state index contributed by atoms with van der Waals surface area (Å²) >= 11 is 0. The van der Waals surface area contributed by atoms with E-state index < -0.39 is 0 Å². The van der Waals surface area contributed by atoms with Crippen molar-refractivity contribution in [2.24, 2.45) is 11.8 Å². The maximum Gasteiger partial charge on any atom is 0.171 e. The molecule has 2 N–H and O–H groups in total. The summed E-state index contributed by atoms with van der Waals surface area (Å²) in [5, 5.41) is 0. The van der Waals surface area contributed by atoms with Gasteiger partial charge in [-0.2, -0.15) is 0 Å². The topological polar surface area (TPSA) is 55.0 Å². The van der Waals surface area contributed by atoms with Crippen LogP contribution >= 0.6 is 0 Å². The third kappa shape index (κ3) is 2.03. The lowest BCUT2D eigenvalue weighted by Gasteiger charge is -2.36. The predicted molar refractivity (Wildman–Crippen MR) is 61.6 cm³/mol. The van der Waals surface area contributed by atoms with E-state index in [-0.39, 0.29) is 0 Å². The molecule has 2 rings (SSSR count). The number of nitrogen functional groups attached to an aromatic ring is 1. The number of hydrogen-bond acceptors (Lipinski definition) is 4. The Labute approximate surface area is 90.5 Å². The number of hydrogen-bond donors (Lipinski definition) is 1. The SMILES string of the molecule is CC1CCN(c2nccnc2N)CC1C. The maximum atomic E-state index is 5.82. The van der Waals surface area contributed by atoms with Crippen molar-refractivity contribution in [1.29, 1.82) is 0 Å². The van der Waals surface area contributed by atoms with Gasteiger partial charge in [0.25, 0.3) is 0 Å². The van der Waals surface area contributed by atoms with Gasteiger partial charge in [0.1, 0.15) is 0 Å². The van der Waals surface area contributed by atoms with Gasteiger partial charge in [0, 0.05) is 25.5 Å². The van der Waals surface area contributed by atoms with Crippen LogP contribution in [0, 0.1) is 11.8 Å². The lowest BCUT2D eigenvalue weighted by molar-refractivity contribution is 0.323. The lowest BCUT2D eigenvalue weighted by Crippen LogP contribution is -2.39. The zero-order valence-corrected chi connectivity index (χ0v) is 9.35. The second kappa shape index (κ2) is 4.04. The highest BCUT2D eigenvalue weighted by Gasteiger charge is 2.24. The molecule has 4 heteroatoms. The average Bonchev–Trinajstić information content (AvgIpc) is 2.23. The summed E-state index contributed by atoms with van der Waals surface area (Å²) in [6.45, 7) is 6.66. The number of nitrogens with two attached hydrogens (primary N) is 1. The minimum absolute atomic E-state index is 0.541. The molecule has 1 aromatic heterocycles. The fraction of sp³-hybridized carbons (Fsp3) is 0.636. The van der Waals surface area contributed by atoms with Crippen molar-refractivity contribution in [2.75, 3.05) is 23.7 Å². The quantitative estimate of drug-likeness (QED) is 0.757. The number of rotatable bonds is 1. The largest absolute Gasteiger partial charge is 0.381 e. The molecular formula is C11H18N4. The maximum absolute atomic E-state index is 5.82. The standard InChI is InChI=1S/C11H18N4/c1-8-3-6-15(7-9(8)2)11-10(12)13-4-5-14-11/h4-5,8-9H,3,6-7H2,1-2H3,(H2,12,13). The summed E-state index contributed by atoms with van der Waals surface area (Å²) in [6, 6.07) is 0. The zero-order chi connectivity index (χ0) is 10.8. The van der Waals surface area contributed by atoms with Crippen molar-refractivity contribution >= 4 is 11.6 Å². The first kappa shape index (κ1) is 10.2. The van der Waals surface area contributed by atoms with Crippen LogP contribution in [0.5, 0.6) is 0 Å². The van der Waals surface area contributed by atoms with Crippen LogP contribution in [-0.4, -0.2) is 23.1 Å². The summed E-state index contributed by atoms with van der Waals surface area (Å²) < 4.78 is 0. The van der Waals surface area contributed by atoms with Crippen molar-refractivity contribution in [3.63, 3.8) is 0 Å². The molecule has 0 radical (unpaired) electrons. The van der Waals surface area contributed by atoms with Crippen LogP contribution in [0.25, 0.3) is 0 Å². The first-order chi connectivity index (χ1) is 7.18. The summed E-state index contributed by atoms with van der Waals surface area (Å²) in [6.07, 6.45) is 4.54. The fourth-order valence-electron chi connectivity index (χ4n) is 2.04. The van der Waals surface area contributed by atoms with Gasteiger partial charge in [-0.1, -0.05) is 13.8 Å². The highest BCUT2D eigenvalue weighted by molar-refractivity contribution is 5.57. The van der Waals surface area contributed by atoms with Crippen molar-refractivity contribution < 1.29 is 0 Å². The molecule has 4 nitrogen and oxygen atoms in total. The third-order valence-corrected chi connectivity index (χ3v) is 3.34. The molecule has 2 heterocycles. The molecule has 1 saturated heterocycles. The van der Waals surface area contributed by atoms with Gasteiger partial charge in [-0.15, -0.1) is 0 Å². The molecule has 0 aliphatic carbocycles. The molecule has 0 amide bonds. The van der Waals surface area contributed by atoms with Crippen LogP contribution in [0.4, 0.5) is 11.6 Å². The average molecular weight is 206 g/mol. The van der Waals surface area contributed by atoms with E-state index in [4.69, 9.17) is 5.73 Å². The summed E-state index contributed by atoms with van der Waals surface area (Å²) in [4.78, 5) is 10.6. The van der Waals surface area contributed by atoms with Gasteiger partial charge in [-0.3, -0.25) is 0 Å². The predicted octanol–water partition coefficient (Wildman–Crippen LogP) is 1.54. The van der Waals surface area contributed by atoms with Crippen LogP contribution in [0.1, 0.15) is 20.3 Å². The van der Waals surface area contributed by atoms with Gasteiger partial charge in [0.05, 0.1) is 0 Å². The Kier molecular flexibility index (Phi) is 2.75. The van der Waals surface area contributed by atoms with E-state index in [1.807, 2.05) is 0 Å². The summed E-state index contributed by atoms with van der Waals surface area (Å²) in [5.41, 5.74) is 5.82. The number of aromatic nitrogens is 2. The molecule has 15 heavy (non-hydrogen) atoms. The Morgan fingerprint density at radius 2 is 2.00 bits per heavy atom. The van der Waals surface area contributed by atoms with E-state index >= 15 is 0 Å². The molecular weight excluding hydrogens is 188 g/mol. The Balaban J connectivity index is 2.15. The van der Waals surface area contributed by atoms with Gasteiger partial charge in [-0.05, 0) is 18.3 Å². The van der Waals surface area contributed by atoms with Gasteiger partial charge in [0.2, 0.25) is 0 Å². The van der Waals surface area contributed by atoms with E-state index in [0.717, 1.165) is 24.8 Å². The van der Waals surface area contributed by atoms with Gasteiger partial charge < -0.3 is 10.6 Å². The van der Waals surface area contributed by atoms with E-state index in [0.29, 0.717) is 11.7 Å². The van der Waals surface area contributed by atoms with Gasteiger partial charge in [-0.25, -0.2) is 9.97 Å². The van der Waals surface area contributed by atoms with E-state index in [9.17, 15) is 0 Å². The minimum atomic E-state index is 0.541. The Bertz CT molecular complexity index is 339. The molecule has 0 saturated carbocycles. The minimum Gasteiger partial charge on any atom is -0.381 e. The van der Waals surface area contributed by atoms with Crippen molar-refractivity contribution in [2.45, 2.75) is 20.3 Å². The van der Waals surface area contributed by atoms with Crippen LogP contribution in [-0.2, 0) is 0 Å². The first-order valence-electron chi connectivity index (χ1n) is 5.50. The van der Waals surface area contributed by atoms with Gasteiger partial charge in [0.15, 0.2) is 11.6 Å². The zero-order valence-electron chi connectivity index (χ0n) is 9.35. The Morgan fingerprint density at radius 1 is 1.27 bits per heavy atom. The smallest absolute Gasteiger partial charge is 0.171 e. The highest BCUT2D eigenvalue weighted by atomic mass is 15.2. The van der Waals surface area contributed by atoms with Crippen molar-refractivity contribution in [3.05, 3.63) is 12.4 Å². The van der Waals surface area contributed by atoms with Crippen LogP contribution in [0.2, 0.25) is 0 Å². The monoisotopic (exact) mass is 206 g/mol. The molecule has 1 aromatic rings. The van der Waals surface area contributed by atoms with E-state index in [1.165, 1.54) is 6.42 Å². The molecule has 0 bridgehead atoms. The van der Waals surface area contributed by atoms with E-state index in [2.05, 4.69) is 28.7 Å². The second-order valence-corrected chi connectivity index (χ2v) is 4.45. The Morgan fingerprint density at radius 3 is 2.67 bits per heavy atom. The van der Waals surface area contributed by atoms with E-state index in [1.54, 1.807) is 12.4 Å². The van der Waals surface area contributed by atoms with Crippen LogP contribution in [0.15, 0.2) is 12.4 Å². The third-order valence-electron chi connectivity index (χ3n) is 3.34. The molecule has 0 spiro atoms. The number of nitrogens with zero attached hydrogens (tertiary/aromatic N) is 3. The summed E-state index contributed by atoms with van der Waals surface area (Å²) in [7, 11) is 0. The molecule has 1 fully saturated rings. The molecule has 1 aliphatic heterocycles. The molecule has 1 aliphatic rings. The number of piperidine rings is 1. The lowest BCUT2D eigenvalue weighted by atomic mass is 9.89. The van der Waals surface area contributed by atoms with Crippen LogP contribution in [0.3, 0.4) is 0 Å². The molecule has 2 atom stereocenters. The summed E-state index contributed by atoms with van der Waals surface area (Å²) in [5.74, 6) is 2.87. The molecule has 0 aromatic carbocycles. The molecule has 2 unspecified atom stereocenters. The Hall–Kier alpha value is -1.32.